The van der Waals surface area contributed by atoms with Crippen molar-refractivity contribution in [2.45, 2.75) is 56.8 Å². The van der Waals surface area contributed by atoms with E-state index >= 15 is 0 Å². The van der Waals surface area contributed by atoms with Crippen LogP contribution in [0.15, 0.2) is 77.0 Å². The Bertz CT molecular complexity index is 1720. The normalized spacial score (nSPS) is 11.6. The van der Waals surface area contributed by atoms with Gasteiger partial charge in [0.25, 0.3) is 5.91 Å². The zero-order chi connectivity index (χ0) is 31.0. The van der Waals surface area contributed by atoms with Crippen LogP contribution in [0.4, 0.5) is 5.69 Å². The number of hydrogen-bond acceptors (Lipinski definition) is 7. The highest BCUT2D eigenvalue weighted by atomic mass is 35.5. The second kappa shape index (κ2) is 14.2. The molecule has 1 N–H and O–H groups in total. The number of rotatable bonds is 12. The van der Waals surface area contributed by atoms with Gasteiger partial charge < -0.3 is 10.1 Å². The Morgan fingerprint density at radius 1 is 1.02 bits per heavy atom. The SMILES string of the molecule is CC(C)(C)c1csc(CCc2cccc(C(=O)Nc3cc(CCCS(=O)(=O)c4ccc(Cl)cc4)ccc3OCC#N)c2)n1. The number of nitriles is 1. The summed E-state index contributed by atoms with van der Waals surface area (Å²) in [6, 6.07) is 20.8. The van der Waals surface area contributed by atoms with E-state index in [2.05, 4.69) is 31.5 Å². The van der Waals surface area contributed by atoms with E-state index in [4.69, 9.17) is 26.6 Å². The Hall–Kier alpha value is -3.71. The molecule has 43 heavy (non-hydrogen) atoms. The molecule has 1 heterocycles. The second-order valence-electron chi connectivity index (χ2n) is 11.2. The fourth-order valence-electron chi connectivity index (χ4n) is 4.38. The number of nitrogens with one attached hydrogen (secondary N) is 1. The van der Waals surface area contributed by atoms with Gasteiger partial charge in [0.15, 0.2) is 16.4 Å². The summed E-state index contributed by atoms with van der Waals surface area (Å²) in [5.74, 6) is 0.0197. The Balaban J connectivity index is 1.42. The number of aromatic nitrogens is 1. The van der Waals surface area contributed by atoms with Gasteiger partial charge in [-0.2, -0.15) is 5.26 Å². The maximum Gasteiger partial charge on any atom is 0.255 e. The van der Waals surface area contributed by atoms with Gasteiger partial charge in [-0.1, -0.05) is 50.6 Å². The molecule has 0 aliphatic carbocycles. The van der Waals surface area contributed by atoms with Crippen molar-refractivity contribution in [3.8, 4) is 11.8 Å². The summed E-state index contributed by atoms with van der Waals surface area (Å²) in [5, 5.41) is 15.6. The van der Waals surface area contributed by atoms with Gasteiger partial charge in [0.2, 0.25) is 0 Å². The van der Waals surface area contributed by atoms with Crippen LogP contribution in [0, 0.1) is 11.3 Å². The van der Waals surface area contributed by atoms with E-state index in [1.54, 1.807) is 41.7 Å². The van der Waals surface area contributed by atoms with E-state index in [0.29, 0.717) is 34.9 Å². The number of anilines is 1. The minimum atomic E-state index is -3.46. The maximum absolute atomic E-state index is 13.3. The van der Waals surface area contributed by atoms with E-state index in [0.717, 1.165) is 34.7 Å². The molecule has 0 spiro atoms. The molecular weight excluding hydrogens is 602 g/mol. The lowest BCUT2D eigenvalue weighted by atomic mass is 9.93. The van der Waals surface area contributed by atoms with Gasteiger partial charge in [0.05, 0.1) is 27.0 Å². The first-order valence-electron chi connectivity index (χ1n) is 13.9. The first-order valence-corrected chi connectivity index (χ1v) is 16.8. The number of thiazole rings is 1. The molecule has 224 valence electrons. The van der Waals surface area contributed by atoms with Crippen LogP contribution in [0.25, 0.3) is 0 Å². The zero-order valence-electron chi connectivity index (χ0n) is 24.4. The molecule has 0 saturated carbocycles. The summed E-state index contributed by atoms with van der Waals surface area (Å²) in [6.45, 7) is 6.26. The highest BCUT2D eigenvalue weighted by Crippen LogP contribution is 2.28. The number of amides is 1. The topological polar surface area (TPSA) is 109 Å². The Morgan fingerprint density at radius 2 is 1.77 bits per heavy atom. The van der Waals surface area contributed by atoms with Crippen LogP contribution in [0.2, 0.25) is 5.02 Å². The fraction of sp³-hybridized carbons (Fsp3) is 0.303. The van der Waals surface area contributed by atoms with Crippen molar-refractivity contribution < 1.29 is 17.9 Å². The molecule has 0 unspecified atom stereocenters. The van der Waals surface area contributed by atoms with Crippen LogP contribution in [0.1, 0.15) is 59.4 Å². The molecule has 0 fully saturated rings. The van der Waals surface area contributed by atoms with Gasteiger partial charge in [-0.25, -0.2) is 13.4 Å². The molecule has 0 atom stereocenters. The Kier molecular flexibility index (Phi) is 10.6. The third kappa shape index (κ3) is 9.14. The van der Waals surface area contributed by atoms with Gasteiger partial charge >= 0.3 is 0 Å². The summed E-state index contributed by atoms with van der Waals surface area (Å²) < 4.78 is 31.0. The highest BCUT2D eigenvalue weighted by Gasteiger charge is 2.18. The molecule has 4 rings (SSSR count). The number of aryl methyl sites for hydroxylation is 3. The van der Waals surface area contributed by atoms with Crippen LogP contribution >= 0.6 is 22.9 Å². The van der Waals surface area contributed by atoms with E-state index in [9.17, 15) is 13.2 Å². The third-order valence-corrected chi connectivity index (χ3v) is 9.75. The second-order valence-corrected chi connectivity index (χ2v) is 14.7. The van der Waals surface area contributed by atoms with Crippen molar-refractivity contribution in [3.05, 3.63) is 105 Å². The molecule has 4 aromatic rings. The smallest absolute Gasteiger partial charge is 0.255 e. The number of halogens is 1. The van der Waals surface area contributed by atoms with Gasteiger partial charge in [-0.3, -0.25) is 4.79 Å². The number of ether oxygens (including phenoxy) is 1. The minimum absolute atomic E-state index is 0.00890. The number of sulfone groups is 1. The number of benzene rings is 3. The molecule has 0 bridgehead atoms. The molecule has 10 heteroatoms. The third-order valence-electron chi connectivity index (χ3n) is 6.77. The van der Waals surface area contributed by atoms with E-state index in [1.807, 2.05) is 30.3 Å². The summed E-state index contributed by atoms with van der Waals surface area (Å²) in [5.41, 5.74) is 3.86. The zero-order valence-corrected chi connectivity index (χ0v) is 26.8. The molecule has 1 amide bonds. The first-order chi connectivity index (χ1) is 20.4. The van der Waals surface area contributed by atoms with Crippen LogP contribution in [-0.4, -0.2) is 31.7 Å². The van der Waals surface area contributed by atoms with Crippen molar-refractivity contribution in [3.63, 3.8) is 0 Å². The molecule has 0 radical (unpaired) electrons. The quantitative estimate of drug-likeness (QED) is 0.173. The molecule has 0 aliphatic rings. The highest BCUT2D eigenvalue weighted by molar-refractivity contribution is 7.91. The Morgan fingerprint density at radius 3 is 2.47 bits per heavy atom. The largest absolute Gasteiger partial charge is 0.477 e. The lowest BCUT2D eigenvalue weighted by Gasteiger charge is -2.14. The van der Waals surface area contributed by atoms with Crippen molar-refractivity contribution in [1.29, 1.82) is 5.26 Å². The predicted molar refractivity (Wildman–Crippen MR) is 172 cm³/mol. The van der Waals surface area contributed by atoms with Crippen LogP contribution in [0.3, 0.4) is 0 Å². The van der Waals surface area contributed by atoms with Crippen LogP contribution in [-0.2, 0) is 34.5 Å². The van der Waals surface area contributed by atoms with Gasteiger partial charge in [-0.15, -0.1) is 11.3 Å². The summed E-state index contributed by atoms with van der Waals surface area (Å²) in [6.07, 6.45) is 2.39. The molecule has 0 aliphatic heterocycles. The van der Waals surface area contributed by atoms with Crippen molar-refractivity contribution in [2.24, 2.45) is 0 Å². The van der Waals surface area contributed by atoms with Crippen LogP contribution in [0.5, 0.6) is 5.75 Å². The first kappa shape index (κ1) is 32.2. The van der Waals surface area contributed by atoms with Gasteiger partial charge in [0.1, 0.15) is 11.8 Å². The van der Waals surface area contributed by atoms with E-state index in [-0.39, 0.29) is 28.6 Å². The van der Waals surface area contributed by atoms with Crippen molar-refractivity contribution >= 4 is 44.4 Å². The Labute approximate surface area is 262 Å². The summed E-state index contributed by atoms with van der Waals surface area (Å²) >= 11 is 7.54. The molecule has 1 aromatic heterocycles. The van der Waals surface area contributed by atoms with E-state index < -0.39 is 9.84 Å². The average molecular weight is 636 g/mol. The maximum atomic E-state index is 13.3. The fourth-order valence-corrected chi connectivity index (χ4v) is 6.84. The van der Waals surface area contributed by atoms with Gasteiger partial charge in [-0.05, 0) is 78.9 Å². The van der Waals surface area contributed by atoms with Gasteiger partial charge in [0, 0.05) is 27.8 Å². The van der Waals surface area contributed by atoms with E-state index in [1.165, 1.54) is 12.1 Å². The lowest BCUT2D eigenvalue weighted by molar-refractivity contribution is 0.102. The van der Waals surface area contributed by atoms with Crippen molar-refractivity contribution in [1.82, 2.24) is 4.98 Å². The average Bonchev–Trinajstić information content (AvgIpc) is 3.46. The number of hydrogen-bond donors (Lipinski definition) is 1. The molecule has 7 nitrogen and oxygen atoms in total. The molecular formula is C33H34ClN3O4S2. The van der Waals surface area contributed by atoms with Crippen molar-refractivity contribution in [2.75, 3.05) is 17.7 Å². The standard InChI is InChI=1S/C33H34ClN3O4S2/c1-33(2,3)30-22-42-31(37-30)16-10-23-6-4-8-25(20-23)32(38)36-28-21-24(9-15-29(28)41-18-17-35)7-5-19-43(39,40)27-13-11-26(34)12-14-27/h4,6,8-9,11-15,20-22H,5,7,10,16,18-19H2,1-3H3,(H,36,38). The molecule has 0 saturated heterocycles. The molecule has 3 aromatic carbocycles. The lowest BCUT2D eigenvalue weighted by Crippen LogP contribution is -2.14. The predicted octanol–water partition coefficient (Wildman–Crippen LogP) is 7.44. The monoisotopic (exact) mass is 635 g/mol. The number of nitrogens with zero attached hydrogens (tertiary/aromatic N) is 2. The number of carbonyl (C=O) groups is 1. The number of carbonyl (C=O) groups excluding carboxylic acids is 1. The summed E-state index contributed by atoms with van der Waals surface area (Å²) in [7, 11) is -3.46. The van der Waals surface area contributed by atoms with Crippen LogP contribution < -0.4 is 10.1 Å². The minimum Gasteiger partial charge on any atom is -0.477 e. The summed E-state index contributed by atoms with van der Waals surface area (Å²) in [4.78, 5) is 18.3.